The van der Waals surface area contributed by atoms with Crippen LogP contribution in [0.25, 0.3) is 10.9 Å². The number of aromatic amines is 1. The molecule has 1 aromatic heterocycles. The van der Waals surface area contributed by atoms with Gasteiger partial charge < -0.3 is 4.98 Å². The van der Waals surface area contributed by atoms with Gasteiger partial charge in [-0.2, -0.15) is 5.26 Å². The highest BCUT2D eigenvalue weighted by atomic mass is 14.7. The zero-order chi connectivity index (χ0) is 8.55. The van der Waals surface area contributed by atoms with Crippen molar-refractivity contribution in [1.29, 1.82) is 5.26 Å². The molecule has 0 aliphatic carbocycles. The largest absolute Gasteiger partial charge is 0.353 e. The van der Waals surface area contributed by atoms with Crippen molar-refractivity contribution in [2.75, 3.05) is 0 Å². The van der Waals surface area contributed by atoms with Crippen LogP contribution in [0, 0.1) is 24.5 Å². The number of nitrogens with one attached hydrogen (secondary N) is 1. The minimum atomic E-state index is 0.711. The first-order chi connectivity index (χ1) is 5.83. The molecule has 0 saturated carbocycles. The molecule has 1 aromatic carbocycles. The first-order valence-corrected chi connectivity index (χ1v) is 3.72. The fourth-order valence-electron chi connectivity index (χ4n) is 1.38. The van der Waals surface area contributed by atoms with Crippen molar-refractivity contribution in [3.05, 3.63) is 35.5 Å². The summed E-state index contributed by atoms with van der Waals surface area (Å²) in [5.41, 5.74) is 2.69. The molecule has 1 heterocycles. The second-order valence-corrected chi connectivity index (χ2v) is 2.71. The molecular weight excluding hydrogens is 148 g/mol. The lowest BCUT2D eigenvalue weighted by Crippen LogP contribution is -1.76. The van der Waals surface area contributed by atoms with Crippen molar-refractivity contribution in [1.82, 2.24) is 4.98 Å². The van der Waals surface area contributed by atoms with Gasteiger partial charge in [0.2, 0.25) is 0 Å². The number of fused-ring (bicyclic) bond motifs is 1. The lowest BCUT2D eigenvalue weighted by atomic mass is 10.1. The number of hydrogen-bond acceptors (Lipinski definition) is 1. The monoisotopic (exact) mass is 155 g/mol. The molecule has 2 aromatic rings. The smallest absolute Gasteiger partial charge is 0.0998 e. The molecule has 0 amide bonds. The van der Waals surface area contributed by atoms with E-state index < -0.39 is 0 Å². The fraction of sp³-hybridized carbons (Fsp3) is 0.100. The molecule has 57 valence electrons. The van der Waals surface area contributed by atoms with Crippen molar-refractivity contribution >= 4 is 10.9 Å². The van der Waals surface area contributed by atoms with Crippen LogP contribution in [-0.4, -0.2) is 4.98 Å². The Kier molecular flexibility index (Phi) is 1.38. The Morgan fingerprint density at radius 2 is 2.33 bits per heavy atom. The summed E-state index contributed by atoms with van der Waals surface area (Å²) in [5.74, 6) is 0. The van der Waals surface area contributed by atoms with Crippen molar-refractivity contribution in [2.24, 2.45) is 0 Å². The van der Waals surface area contributed by atoms with Crippen LogP contribution < -0.4 is 0 Å². The first kappa shape index (κ1) is 6.93. The molecule has 2 nitrogen and oxygen atoms in total. The van der Waals surface area contributed by atoms with E-state index in [1.807, 2.05) is 25.1 Å². The summed E-state index contributed by atoms with van der Waals surface area (Å²) in [6, 6.07) is 7.78. The topological polar surface area (TPSA) is 39.6 Å². The molecule has 0 atom stereocenters. The van der Waals surface area contributed by atoms with Crippen LogP contribution in [0.15, 0.2) is 18.2 Å². The van der Waals surface area contributed by atoms with E-state index >= 15 is 0 Å². The van der Waals surface area contributed by atoms with Crippen LogP contribution in [-0.2, 0) is 0 Å². The van der Waals surface area contributed by atoms with Crippen molar-refractivity contribution in [3.63, 3.8) is 0 Å². The minimum absolute atomic E-state index is 0.711. The van der Waals surface area contributed by atoms with E-state index in [9.17, 15) is 0 Å². The summed E-state index contributed by atoms with van der Waals surface area (Å²) < 4.78 is 0. The number of aromatic nitrogens is 1. The molecular formula is C10H7N2. The number of hydrogen-bond donors (Lipinski definition) is 1. The lowest BCUT2D eigenvalue weighted by molar-refractivity contribution is 1.40. The third-order valence-corrected chi connectivity index (χ3v) is 1.94. The van der Waals surface area contributed by atoms with Crippen molar-refractivity contribution in [3.8, 4) is 6.07 Å². The zero-order valence-corrected chi connectivity index (χ0v) is 6.68. The Bertz CT molecular complexity index is 460. The van der Waals surface area contributed by atoms with Gasteiger partial charge in [0.15, 0.2) is 0 Å². The summed E-state index contributed by atoms with van der Waals surface area (Å²) >= 11 is 0. The quantitative estimate of drug-likeness (QED) is 0.622. The number of nitrogens with zero attached hydrogens (tertiary/aromatic N) is 1. The fourth-order valence-corrected chi connectivity index (χ4v) is 1.38. The average molecular weight is 155 g/mol. The van der Waals surface area contributed by atoms with Crippen LogP contribution in [0.3, 0.4) is 0 Å². The summed E-state index contributed by atoms with van der Waals surface area (Å²) in [6.45, 7) is 1.94. The molecule has 0 bridgehead atoms. The van der Waals surface area contributed by atoms with Crippen LogP contribution in [0.2, 0.25) is 0 Å². The van der Waals surface area contributed by atoms with Crippen LogP contribution in [0.4, 0.5) is 0 Å². The molecule has 0 fully saturated rings. The van der Waals surface area contributed by atoms with Gasteiger partial charge in [-0.05, 0) is 24.6 Å². The highest BCUT2D eigenvalue weighted by Gasteiger charge is 2.03. The van der Waals surface area contributed by atoms with Gasteiger partial charge >= 0.3 is 0 Å². The van der Waals surface area contributed by atoms with Gasteiger partial charge in [-0.1, -0.05) is 6.07 Å². The minimum Gasteiger partial charge on any atom is -0.353 e. The molecule has 2 heteroatoms. The van der Waals surface area contributed by atoms with Gasteiger partial charge in [-0.25, -0.2) is 0 Å². The molecule has 1 radical (unpaired) electrons. The van der Waals surface area contributed by atoms with E-state index in [1.165, 1.54) is 0 Å². The Labute approximate surface area is 70.4 Å². The van der Waals surface area contributed by atoms with Crippen molar-refractivity contribution in [2.45, 2.75) is 6.92 Å². The number of H-pyrrole nitrogens is 1. The van der Waals surface area contributed by atoms with Gasteiger partial charge in [0.1, 0.15) is 0 Å². The standard InChI is InChI=1S/C10H7N2/c1-7-6-12-9-4-2-3-8(5-11)10(7)9/h2-4,12H,1H3. The van der Waals surface area contributed by atoms with E-state index in [1.54, 1.807) is 0 Å². The van der Waals surface area contributed by atoms with Gasteiger partial charge in [0.25, 0.3) is 0 Å². The molecule has 2 rings (SSSR count). The molecule has 0 unspecified atom stereocenters. The Morgan fingerprint density at radius 3 is 3.08 bits per heavy atom. The molecule has 0 saturated heterocycles. The van der Waals surface area contributed by atoms with Gasteiger partial charge in [-0.3, -0.25) is 0 Å². The number of benzene rings is 1. The van der Waals surface area contributed by atoms with E-state index in [2.05, 4.69) is 17.3 Å². The molecule has 12 heavy (non-hydrogen) atoms. The number of rotatable bonds is 0. The maximum atomic E-state index is 8.80. The van der Waals surface area contributed by atoms with Crippen LogP contribution >= 0.6 is 0 Å². The lowest BCUT2D eigenvalue weighted by Gasteiger charge is -1.92. The zero-order valence-electron chi connectivity index (χ0n) is 6.68. The highest BCUT2D eigenvalue weighted by Crippen LogP contribution is 2.20. The molecule has 0 spiro atoms. The first-order valence-electron chi connectivity index (χ1n) is 3.72. The third-order valence-electron chi connectivity index (χ3n) is 1.94. The van der Waals surface area contributed by atoms with E-state index in [4.69, 9.17) is 5.26 Å². The third kappa shape index (κ3) is 0.802. The van der Waals surface area contributed by atoms with Gasteiger partial charge in [0.05, 0.1) is 17.8 Å². The predicted octanol–water partition coefficient (Wildman–Crippen LogP) is 2.15. The average Bonchev–Trinajstić information content (AvgIpc) is 2.48. The molecule has 1 N–H and O–H groups in total. The summed E-state index contributed by atoms with van der Waals surface area (Å²) in [7, 11) is 0. The van der Waals surface area contributed by atoms with Gasteiger partial charge in [0, 0.05) is 10.9 Å². The van der Waals surface area contributed by atoms with E-state index in [0.717, 1.165) is 16.5 Å². The SMILES string of the molecule is Cc1[c][nH]c2cccc(C#N)c12. The molecule has 0 aliphatic rings. The summed E-state index contributed by atoms with van der Waals surface area (Å²) in [4.78, 5) is 2.99. The number of aryl methyl sites for hydroxylation is 1. The Morgan fingerprint density at radius 1 is 1.50 bits per heavy atom. The Hall–Kier alpha value is -1.75. The van der Waals surface area contributed by atoms with Crippen molar-refractivity contribution < 1.29 is 0 Å². The highest BCUT2D eigenvalue weighted by molar-refractivity contribution is 5.88. The predicted molar refractivity (Wildman–Crippen MR) is 46.6 cm³/mol. The summed E-state index contributed by atoms with van der Waals surface area (Å²) in [6.07, 6.45) is 2.98. The van der Waals surface area contributed by atoms with E-state index in [0.29, 0.717) is 5.56 Å². The second-order valence-electron chi connectivity index (χ2n) is 2.71. The number of nitriles is 1. The summed E-state index contributed by atoms with van der Waals surface area (Å²) in [5, 5.41) is 9.79. The maximum Gasteiger partial charge on any atom is 0.0998 e. The van der Waals surface area contributed by atoms with Crippen LogP contribution in [0.5, 0.6) is 0 Å². The normalized spacial score (nSPS) is 10.0. The Balaban J connectivity index is 2.96. The molecule has 0 aliphatic heterocycles. The maximum absolute atomic E-state index is 8.80. The second kappa shape index (κ2) is 2.38. The van der Waals surface area contributed by atoms with Crippen LogP contribution in [0.1, 0.15) is 11.1 Å². The van der Waals surface area contributed by atoms with E-state index in [-0.39, 0.29) is 0 Å². The van der Waals surface area contributed by atoms with Gasteiger partial charge in [-0.15, -0.1) is 0 Å².